The van der Waals surface area contributed by atoms with Crippen LogP contribution in [0.5, 0.6) is 11.5 Å². The quantitative estimate of drug-likeness (QED) is 0.738. The molecule has 0 aliphatic carbocycles. The van der Waals surface area contributed by atoms with Gasteiger partial charge in [0.2, 0.25) is 6.79 Å². The van der Waals surface area contributed by atoms with Crippen LogP contribution in [-0.2, 0) is 0 Å². The lowest BCUT2D eigenvalue weighted by Gasteiger charge is -2.35. The van der Waals surface area contributed by atoms with Crippen molar-refractivity contribution in [2.45, 2.75) is 37.5 Å². The van der Waals surface area contributed by atoms with Gasteiger partial charge >= 0.3 is 0 Å². The number of amides is 1. The van der Waals surface area contributed by atoms with Crippen molar-refractivity contribution < 1.29 is 14.3 Å². The lowest BCUT2D eigenvalue weighted by Crippen LogP contribution is -2.51. The number of benzene rings is 2. The maximum Gasteiger partial charge on any atom is 0.251 e. The Labute approximate surface area is 170 Å². The van der Waals surface area contributed by atoms with Crippen LogP contribution in [0.1, 0.15) is 41.2 Å². The van der Waals surface area contributed by atoms with Gasteiger partial charge in [-0.15, -0.1) is 0 Å². The van der Waals surface area contributed by atoms with Crippen LogP contribution in [0.3, 0.4) is 0 Å². The minimum absolute atomic E-state index is 0.0495. The number of nitrogens with one attached hydrogen (secondary N) is 3. The molecule has 3 N–H and O–H groups in total. The van der Waals surface area contributed by atoms with Gasteiger partial charge in [0.25, 0.3) is 5.91 Å². The Bertz CT molecular complexity index is 868. The monoisotopic (exact) mass is 394 g/mol. The third-order valence-corrected chi connectivity index (χ3v) is 6.03. The van der Waals surface area contributed by atoms with Gasteiger partial charge in [-0.2, -0.15) is 0 Å². The van der Waals surface area contributed by atoms with E-state index in [1.54, 1.807) is 18.2 Å². The predicted octanol–water partition coefficient (Wildman–Crippen LogP) is 2.17. The molecule has 7 nitrogen and oxygen atoms in total. The van der Waals surface area contributed by atoms with E-state index in [4.69, 9.17) is 9.47 Å². The summed E-state index contributed by atoms with van der Waals surface area (Å²) in [4.78, 5) is 15.1. The lowest BCUT2D eigenvalue weighted by atomic mass is 10.0. The second kappa shape index (κ2) is 8.02. The minimum Gasteiger partial charge on any atom is -0.454 e. The standard InChI is InChI=1S/C22H26N4O3/c27-22(16-6-7-19-20(12-16)29-14-28-19)23-17-8-10-26(11-9-17)21-13-18(24-25-21)15-4-2-1-3-5-15/h1-7,12,17-18,21,24-25H,8-11,13-14H2,(H,23,27). The molecule has 0 spiro atoms. The largest absolute Gasteiger partial charge is 0.454 e. The summed E-state index contributed by atoms with van der Waals surface area (Å²) in [6.07, 6.45) is 3.26. The smallest absolute Gasteiger partial charge is 0.251 e. The molecule has 0 bridgehead atoms. The van der Waals surface area contributed by atoms with E-state index in [2.05, 4.69) is 45.3 Å². The van der Waals surface area contributed by atoms with Crippen LogP contribution in [0.25, 0.3) is 0 Å². The molecule has 2 atom stereocenters. The fourth-order valence-corrected chi connectivity index (χ4v) is 4.34. The Morgan fingerprint density at radius 3 is 2.62 bits per heavy atom. The van der Waals surface area contributed by atoms with Gasteiger partial charge in [0.1, 0.15) is 0 Å². The first kappa shape index (κ1) is 18.4. The molecule has 5 rings (SSSR count). The summed E-state index contributed by atoms with van der Waals surface area (Å²) in [7, 11) is 0. The number of fused-ring (bicyclic) bond motifs is 1. The first-order chi connectivity index (χ1) is 14.3. The minimum atomic E-state index is -0.0495. The molecule has 2 saturated heterocycles. The maximum absolute atomic E-state index is 12.6. The van der Waals surface area contributed by atoms with Crippen molar-refractivity contribution in [3.63, 3.8) is 0 Å². The van der Waals surface area contributed by atoms with Crippen molar-refractivity contribution in [3.05, 3.63) is 59.7 Å². The van der Waals surface area contributed by atoms with Crippen molar-refractivity contribution in [3.8, 4) is 11.5 Å². The third-order valence-electron chi connectivity index (χ3n) is 6.03. The Hall–Kier alpha value is -2.61. The topological polar surface area (TPSA) is 74.9 Å². The average molecular weight is 394 g/mol. The summed E-state index contributed by atoms with van der Waals surface area (Å²) in [6, 6.07) is 16.4. The molecule has 2 fully saturated rings. The molecule has 3 heterocycles. The zero-order valence-electron chi connectivity index (χ0n) is 16.3. The number of likely N-dealkylation sites (tertiary alicyclic amines) is 1. The summed E-state index contributed by atoms with van der Waals surface area (Å²) < 4.78 is 10.7. The first-order valence-electron chi connectivity index (χ1n) is 10.3. The normalized spacial score (nSPS) is 24.6. The van der Waals surface area contributed by atoms with Crippen LogP contribution in [0.2, 0.25) is 0 Å². The van der Waals surface area contributed by atoms with Crippen molar-refractivity contribution in [2.24, 2.45) is 0 Å². The molecule has 2 aromatic rings. The number of piperidine rings is 1. The Balaban J connectivity index is 1.12. The van der Waals surface area contributed by atoms with Gasteiger partial charge < -0.3 is 14.8 Å². The summed E-state index contributed by atoms with van der Waals surface area (Å²) >= 11 is 0. The highest BCUT2D eigenvalue weighted by Gasteiger charge is 2.32. The second-order valence-corrected chi connectivity index (χ2v) is 7.86. The number of rotatable bonds is 4. The van der Waals surface area contributed by atoms with Crippen LogP contribution in [0, 0.1) is 0 Å². The summed E-state index contributed by atoms with van der Waals surface area (Å²) in [5, 5.41) is 3.17. The predicted molar refractivity (Wildman–Crippen MR) is 108 cm³/mol. The molecule has 152 valence electrons. The molecule has 1 amide bonds. The number of hydrogen-bond acceptors (Lipinski definition) is 6. The average Bonchev–Trinajstić information content (AvgIpc) is 3.44. The third kappa shape index (κ3) is 3.94. The van der Waals surface area contributed by atoms with E-state index in [1.807, 2.05) is 6.07 Å². The van der Waals surface area contributed by atoms with E-state index in [0.717, 1.165) is 32.4 Å². The molecule has 3 aliphatic heterocycles. The molecule has 2 aromatic carbocycles. The van der Waals surface area contributed by atoms with Crippen LogP contribution < -0.4 is 25.6 Å². The molecule has 3 aliphatic rings. The zero-order valence-corrected chi connectivity index (χ0v) is 16.3. The number of hydrogen-bond donors (Lipinski definition) is 3. The first-order valence-corrected chi connectivity index (χ1v) is 10.3. The molecule has 7 heteroatoms. The van der Waals surface area contributed by atoms with Crippen molar-refractivity contribution in [1.82, 2.24) is 21.1 Å². The molecule has 29 heavy (non-hydrogen) atoms. The van der Waals surface area contributed by atoms with Crippen molar-refractivity contribution in [2.75, 3.05) is 19.9 Å². The van der Waals surface area contributed by atoms with Crippen molar-refractivity contribution >= 4 is 5.91 Å². The van der Waals surface area contributed by atoms with Gasteiger partial charge in [0.05, 0.1) is 6.17 Å². The molecule has 0 radical (unpaired) electrons. The zero-order chi connectivity index (χ0) is 19.6. The Morgan fingerprint density at radius 2 is 1.79 bits per heavy atom. The van der Waals surface area contributed by atoms with E-state index < -0.39 is 0 Å². The van der Waals surface area contributed by atoms with Crippen LogP contribution in [-0.4, -0.2) is 42.9 Å². The van der Waals surface area contributed by atoms with Gasteiger partial charge in [0, 0.05) is 30.7 Å². The SMILES string of the molecule is O=C(NC1CCN(C2CC(c3ccccc3)NN2)CC1)c1ccc2c(c1)OCO2. The van der Waals surface area contributed by atoms with E-state index in [1.165, 1.54) is 5.56 Å². The molecule has 2 unspecified atom stereocenters. The second-order valence-electron chi connectivity index (χ2n) is 7.86. The van der Waals surface area contributed by atoms with Crippen LogP contribution in [0.15, 0.2) is 48.5 Å². The molecule has 0 aromatic heterocycles. The number of ether oxygens (including phenoxy) is 2. The summed E-state index contributed by atoms with van der Waals surface area (Å²) in [6.45, 7) is 2.15. The fourth-order valence-electron chi connectivity index (χ4n) is 4.34. The van der Waals surface area contributed by atoms with Gasteiger partial charge in [0.15, 0.2) is 11.5 Å². The molecule has 0 saturated carbocycles. The van der Waals surface area contributed by atoms with Gasteiger partial charge in [-0.3, -0.25) is 9.69 Å². The number of carbonyl (C=O) groups excluding carboxylic acids is 1. The highest BCUT2D eigenvalue weighted by molar-refractivity contribution is 5.95. The summed E-state index contributed by atoms with van der Waals surface area (Å²) in [5.74, 6) is 1.29. The number of hydrazine groups is 1. The van der Waals surface area contributed by atoms with Crippen LogP contribution >= 0.6 is 0 Å². The van der Waals surface area contributed by atoms with Gasteiger partial charge in [-0.05, 0) is 43.0 Å². The maximum atomic E-state index is 12.6. The highest BCUT2D eigenvalue weighted by atomic mass is 16.7. The van der Waals surface area contributed by atoms with Crippen LogP contribution in [0.4, 0.5) is 0 Å². The Kier molecular flexibility index (Phi) is 5.10. The highest BCUT2D eigenvalue weighted by Crippen LogP contribution is 2.32. The van der Waals surface area contributed by atoms with E-state index >= 15 is 0 Å². The Morgan fingerprint density at radius 1 is 1.00 bits per heavy atom. The summed E-state index contributed by atoms with van der Waals surface area (Å²) in [5.41, 5.74) is 8.79. The fraction of sp³-hybridized carbons (Fsp3) is 0.409. The van der Waals surface area contributed by atoms with E-state index in [0.29, 0.717) is 29.3 Å². The van der Waals surface area contributed by atoms with Crippen molar-refractivity contribution in [1.29, 1.82) is 0 Å². The van der Waals surface area contributed by atoms with E-state index in [9.17, 15) is 4.79 Å². The van der Waals surface area contributed by atoms with E-state index in [-0.39, 0.29) is 18.7 Å². The number of nitrogens with zero attached hydrogens (tertiary/aromatic N) is 1. The van der Waals surface area contributed by atoms with Gasteiger partial charge in [-0.1, -0.05) is 30.3 Å². The van der Waals surface area contributed by atoms with Gasteiger partial charge in [-0.25, -0.2) is 10.9 Å². The molecular formula is C22H26N4O3. The lowest BCUT2D eigenvalue weighted by molar-refractivity contribution is 0.0879. The molecular weight excluding hydrogens is 368 g/mol. The number of carbonyl (C=O) groups is 1.